The van der Waals surface area contributed by atoms with Crippen LogP contribution in [-0.2, 0) is 9.84 Å². The van der Waals surface area contributed by atoms with Gasteiger partial charge in [0.1, 0.15) is 0 Å². The molecule has 1 aromatic rings. The summed E-state index contributed by atoms with van der Waals surface area (Å²) < 4.78 is 24.6. The molecule has 1 fully saturated rings. The summed E-state index contributed by atoms with van der Waals surface area (Å²) in [5.74, 6) is 0.149. The normalized spacial score (nSPS) is 19.1. The first-order chi connectivity index (χ1) is 10.1. The van der Waals surface area contributed by atoms with Crippen molar-refractivity contribution >= 4 is 15.5 Å². The lowest BCUT2D eigenvalue weighted by atomic mass is 10.2. The predicted molar refractivity (Wildman–Crippen MR) is 87.7 cm³/mol. The predicted octanol–water partition coefficient (Wildman–Crippen LogP) is 2.45. The van der Waals surface area contributed by atoms with Crippen LogP contribution >= 0.6 is 0 Å². The second kappa shape index (κ2) is 7.27. The molecule has 1 atom stereocenters. The highest BCUT2D eigenvalue weighted by atomic mass is 32.2. The number of nitrogens with one attached hydrogen (secondary N) is 1. The Hall–Kier alpha value is -1.07. The van der Waals surface area contributed by atoms with Crippen LogP contribution in [0.2, 0.25) is 0 Å². The summed E-state index contributed by atoms with van der Waals surface area (Å²) in [6, 6.07) is 7.82. The van der Waals surface area contributed by atoms with Crippen molar-refractivity contribution in [1.82, 2.24) is 5.32 Å². The summed E-state index contributed by atoms with van der Waals surface area (Å²) in [5.41, 5.74) is 0.875. The van der Waals surface area contributed by atoms with Crippen LogP contribution in [0, 0.1) is 0 Å². The Morgan fingerprint density at radius 3 is 2.76 bits per heavy atom. The SMILES string of the molecule is CCCNCC1CCCN1c1ccccc1S(=O)(=O)CC. The van der Waals surface area contributed by atoms with E-state index in [1.165, 1.54) is 0 Å². The molecular weight excluding hydrogens is 284 g/mol. The van der Waals surface area contributed by atoms with E-state index in [0.29, 0.717) is 10.9 Å². The van der Waals surface area contributed by atoms with E-state index >= 15 is 0 Å². The topological polar surface area (TPSA) is 49.4 Å². The molecule has 1 aliphatic heterocycles. The smallest absolute Gasteiger partial charge is 0.180 e. The number of hydrogen-bond acceptors (Lipinski definition) is 4. The number of benzene rings is 1. The van der Waals surface area contributed by atoms with Gasteiger partial charge in [0.05, 0.1) is 16.3 Å². The van der Waals surface area contributed by atoms with Gasteiger partial charge in [0, 0.05) is 19.1 Å². The Balaban J connectivity index is 2.24. The van der Waals surface area contributed by atoms with Crippen molar-refractivity contribution in [2.75, 3.05) is 30.3 Å². The van der Waals surface area contributed by atoms with Gasteiger partial charge in [-0.1, -0.05) is 26.0 Å². The van der Waals surface area contributed by atoms with Crippen molar-refractivity contribution in [2.45, 2.75) is 44.0 Å². The maximum Gasteiger partial charge on any atom is 0.180 e. The number of rotatable bonds is 7. The average molecular weight is 310 g/mol. The van der Waals surface area contributed by atoms with E-state index in [-0.39, 0.29) is 5.75 Å². The van der Waals surface area contributed by atoms with Crippen LogP contribution in [0.3, 0.4) is 0 Å². The zero-order valence-corrected chi connectivity index (χ0v) is 13.8. The van der Waals surface area contributed by atoms with Crippen molar-refractivity contribution in [3.63, 3.8) is 0 Å². The minimum absolute atomic E-state index is 0.149. The van der Waals surface area contributed by atoms with E-state index in [0.717, 1.165) is 44.6 Å². The van der Waals surface area contributed by atoms with E-state index in [2.05, 4.69) is 17.1 Å². The molecule has 4 nitrogen and oxygen atoms in total. The van der Waals surface area contributed by atoms with Crippen LogP contribution in [-0.4, -0.2) is 39.8 Å². The first-order valence-corrected chi connectivity index (χ1v) is 9.54. The Morgan fingerprint density at radius 1 is 1.29 bits per heavy atom. The summed E-state index contributed by atoms with van der Waals surface area (Å²) in [7, 11) is -3.18. The summed E-state index contributed by atoms with van der Waals surface area (Å²) in [6.45, 7) is 6.74. The third kappa shape index (κ3) is 3.77. The molecule has 0 bridgehead atoms. The van der Waals surface area contributed by atoms with Crippen LogP contribution in [0.5, 0.6) is 0 Å². The molecule has 21 heavy (non-hydrogen) atoms. The minimum atomic E-state index is -3.18. The molecule has 2 rings (SSSR count). The lowest BCUT2D eigenvalue weighted by Gasteiger charge is -2.29. The molecule has 0 radical (unpaired) electrons. The van der Waals surface area contributed by atoms with Gasteiger partial charge in [-0.25, -0.2) is 8.42 Å². The van der Waals surface area contributed by atoms with Gasteiger partial charge >= 0.3 is 0 Å². The second-order valence-corrected chi connectivity index (χ2v) is 7.81. The molecule has 1 N–H and O–H groups in total. The van der Waals surface area contributed by atoms with Gasteiger partial charge in [0.25, 0.3) is 0 Å². The first kappa shape index (κ1) is 16.3. The minimum Gasteiger partial charge on any atom is -0.366 e. The highest BCUT2D eigenvalue weighted by Crippen LogP contribution is 2.31. The largest absolute Gasteiger partial charge is 0.366 e. The zero-order chi connectivity index (χ0) is 15.3. The quantitative estimate of drug-likeness (QED) is 0.786. The average Bonchev–Trinajstić information content (AvgIpc) is 2.96. The van der Waals surface area contributed by atoms with Crippen molar-refractivity contribution in [3.8, 4) is 0 Å². The number of anilines is 1. The fourth-order valence-corrected chi connectivity index (χ4v) is 4.02. The Bertz CT molecular complexity index is 557. The summed E-state index contributed by atoms with van der Waals surface area (Å²) in [4.78, 5) is 2.75. The summed E-state index contributed by atoms with van der Waals surface area (Å²) in [6.07, 6.45) is 3.36. The van der Waals surface area contributed by atoms with Gasteiger partial charge in [-0.2, -0.15) is 0 Å². The molecule has 0 aliphatic carbocycles. The lowest BCUT2D eigenvalue weighted by Crippen LogP contribution is -2.38. The number of nitrogens with zero attached hydrogens (tertiary/aromatic N) is 1. The molecule has 0 spiro atoms. The first-order valence-electron chi connectivity index (χ1n) is 7.89. The van der Waals surface area contributed by atoms with Crippen LogP contribution in [0.15, 0.2) is 29.2 Å². The maximum atomic E-state index is 12.3. The second-order valence-electron chi connectivity index (χ2n) is 5.56. The van der Waals surface area contributed by atoms with E-state index in [1.54, 1.807) is 13.0 Å². The number of hydrogen-bond donors (Lipinski definition) is 1. The fraction of sp³-hybridized carbons (Fsp3) is 0.625. The molecule has 118 valence electrons. The van der Waals surface area contributed by atoms with Gasteiger partial charge < -0.3 is 10.2 Å². The van der Waals surface area contributed by atoms with E-state index in [4.69, 9.17) is 0 Å². The molecule has 1 unspecified atom stereocenters. The Labute approximate surface area is 128 Å². The lowest BCUT2D eigenvalue weighted by molar-refractivity contribution is 0.567. The van der Waals surface area contributed by atoms with Gasteiger partial charge in [0.2, 0.25) is 0 Å². The third-order valence-corrected chi connectivity index (χ3v) is 5.85. The Kier molecular flexibility index (Phi) is 5.65. The van der Waals surface area contributed by atoms with Gasteiger partial charge in [-0.15, -0.1) is 0 Å². The molecule has 0 amide bonds. The van der Waals surface area contributed by atoms with Crippen molar-refractivity contribution in [1.29, 1.82) is 0 Å². The van der Waals surface area contributed by atoms with Crippen molar-refractivity contribution in [2.24, 2.45) is 0 Å². The highest BCUT2D eigenvalue weighted by molar-refractivity contribution is 7.91. The molecule has 1 heterocycles. The Morgan fingerprint density at radius 2 is 2.05 bits per heavy atom. The molecule has 0 saturated carbocycles. The third-order valence-electron chi connectivity index (χ3n) is 4.07. The van der Waals surface area contributed by atoms with Crippen LogP contribution in [0.1, 0.15) is 33.1 Å². The van der Waals surface area contributed by atoms with E-state index in [9.17, 15) is 8.42 Å². The number of para-hydroxylation sites is 1. The zero-order valence-electron chi connectivity index (χ0n) is 13.0. The molecule has 1 saturated heterocycles. The number of sulfone groups is 1. The monoisotopic (exact) mass is 310 g/mol. The van der Waals surface area contributed by atoms with E-state index in [1.807, 2.05) is 18.2 Å². The molecular formula is C16H26N2O2S. The van der Waals surface area contributed by atoms with Gasteiger partial charge in [-0.05, 0) is 37.9 Å². The summed E-state index contributed by atoms with van der Waals surface area (Å²) >= 11 is 0. The molecule has 1 aromatic carbocycles. The fourth-order valence-electron chi connectivity index (χ4n) is 2.92. The van der Waals surface area contributed by atoms with Crippen molar-refractivity contribution in [3.05, 3.63) is 24.3 Å². The maximum absolute atomic E-state index is 12.3. The standard InChI is InChI=1S/C16H26N2O2S/c1-3-11-17-13-14-8-7-12-18(14)15-9-5-6-10-16(15)21(19,20)4-2/h5-6,9-10,14,17H,3-4,7-8,11-13H2,1-2H3. The summed E-state index contributed by atoms with van der Waals surface area (Å²) in [5, 5.41) is 3.46. The molecule has 0 aromatic heterocycles. The van der Waals surface area contributed by atoms with Crippen molar-refractivity contribution < 1.29 is 8.42 Å². The van der Waals surface area contributed by atoms with Crippen LogP contribution in [0.25, 0.3) is 0 Å². The highest BCUT2D eigenvalue weighted by Gasteiger charge is 2.28. The van der Waals surface area contributed by atoms with Crippen LogP contribution in [0.4, 0.5) is 5.69 Å². The molecule has 1 aliphatic rings. The van der Waals surface area contributed by atoms with E-state index < -0.39 is 9.84 Å². The molecule has 5 heteroatoms. The van der Waals surface area contributed by atoms with Gasteiger partial charge in [-0.3, -0.25) is 0 Å². The van der Waals surface area contributed by atoms with Crippen LogP contribution < -0.4 is 10.2 Å². The van der Waals surface area contributed by atoms with Gasteiger partial charge in [0.15, 0.2) is 9.84 Å².